The average molecular weight is 250 g/mol. The maximum Gasteiger partial charge on any atom is 0.259 e. The van der Waals surface area contributed by atoms with Crippen LogP contribution >= 0.6 is 11.3 Å². The Morgan fingerprint density at radius 2 is 1.94 bits per heavy atom. The fourth-order valence-corrected chi connectivity index (χ4v) is 2.93. The summed E-state index contributed by atoms with van der Waals surface area (Å²) in [4.78, 5) is 21.5. The number of hydrogen-bond donors (Lipinski definition) is 1. The molecule has 3 nitrogen and oxygen atoms in total. The van der Waals surface area contributed by atoms with Gasteiger partial charge in [-0.1, -0.05) is 20.8 Å². The Labute approximate surface area is 105 Å². The molecule has 0 saturated carbocycles. The number of aromatic amines is 1. The van der Waals surface area contributed by atoms with Gasteiger partial charge >= 0.3 is 0 Å². The van der Waals surface area contributed by atoms with Crippen LogP contribution in [0.5, 0.6) is 0 Å². The maximum atomic E-state index is 12.0. The summed E-state index contributed by atoms with van der Waals surface area (Å²) in [6, 6.07) is 0. The lowest BCUT2D eigenvalue weighted by molar-refractivity contribution is 0.401. The summed E-state index contributed by atoms with van der Waals surface area (Å²) in [6.45, 7) is 10.4. The van der Waals surface area contributed by atoms with Crippen LogP contribution in [-0.4, -0.2) is 9.97 Å². The maximum absolute atomic E-state index is 12.0. The van der Waals surface area contributed by atoms with Crippen molar-refractivity contribution < 1.29 is 0 Å². The van der Waals surface area contributed by atoms with E-state index in [1.54, 1.807) is 11.3 Å². The summed E-state index contributed by atoms with van der Waals surface area (Å²) in [5, 5.41) is 0.755. The topological polar surface area (TPSA) is 45.8 Å². The molecule has 2 heterocycles. The summed E-state index contributed by atoms with van der Waals surface area (Å²) in [5.41, 5.74) is 1.18. The van der Waals surface area contributed by atoms with Gasteiger partial charge in [0.25, 0.3) is 5.56 Å². The van der Waals surface area contributed by atoms with E-state index in [2.05, 4.69) is 30.7 Å². The molecule has 2 aromatic heterocycles. The predicted molar refractivity (Wildman–Crippen MR) is 72.9 cm³/mol. The van der Waals surface area contributed by atoms with Crippen LogP contribution in [0.4, 0.5) is 0 Å². The fourth-order valence-electron chi connectivity index (χ4n) is 1.89. The molecule has 0 saturated heterocycles. The van der Waals surface area contributed by atoms with Crippen molar-refractivity contribution in [1.29, 1.82) is 0 Å². The number of thiophene rings is 1. The summed E-state index contributed by atoms with van der Waals surface area (Å²) < 4.78 is 0. The minimum atomic E-state index is -0.00361. The smallest absolute Gasteiger partial charge is 0.259 e. The van der Waals surface area contributed by atoms with Gasteiger partial charge in [0.15, 0.2) is 0 Å². The Hall–Kier alpha value is -1.16. The number of nitrogens with one attached hydrogen (secondary N) is 1. The molecule has 2 rings (SSSR count). The first-order chi connectivity index (χ1) is 7.78. The van der Waals surface area contributed by atoms with Gasteiger partial charge in [-0.2, -0.15) is 0 Å². The van der Waals surface area contributed by atoms with Crippen LogP contribution in [0.1, 0.15) is 37.0 Å². The molecule has 92 valence electrons. The van der Waals surface area contributed by atoms with Crippen molar-refractivity contribution in [2.24, 2.45) is 5.41 Å². The Balaban J connectivity index is 2.61. The van der Waals surface area contributed by atoms with Gasteiger partial charge in [0.1, 0.15) is 10.7 Å². The highest BCUT2D eigenvalue weighted by molar-refractivity contribution is 7.18. The number of nitrogens with zero attached hydrogens (tertiary/aromatic N) is 1. The van der Waals surface area contributed by atoms with Crippen LogP contribution in [0, 0.1) is 19.3 Å². The minimum Gasteiger partial charge on any atom is -0.310 e. The zero-order chi connectivity index (χ0) is 12.8. The molecule has 0 amide bonds. The highest BCUT2D eigenvalue weighted by Gasteiger charge is 2.16. The minimum absolute atomic E-state index is 0.00361. The van der Waals surface area contributed by atoms with Crippen LogP contribution in [0.15, 0.2) is 4.79 Å². The van der Waals surface area contributed by atoms with Crippen molar-refractivity contribution in [3.63, 3.8) is 0 Å². The SMILES string of the molecule is Cc1sc2nc(CC(C)(C)C)[nH]c(=O)c2c1C. The monoisotopic (exact) mass is 250 g/mol. The molecule has 0 aliphatic carbocycles. The average Bonchev–Trinajstić information content (AvgIpc) is 2.39. The molecule has 1 N–H and O–H groups in total. The Morgan fingerprint density at radius 3 is 2.53 bits per heavy atom. The molecule has 0 radical (unpaired) electrons. The number of aromatic nitrogens is 2. The second kappa shape index (κ2) is 3.95. The van der Waals surface area contributed by atoms with Crippen molar-refractivity contribution in [3.8, 4) is 0 Å². The number of H-pyrrole nitrogens is 1. The van der Waals surface area contributed by atoms with Crippen molar-refractivity contribution in [2.45, 2.75) is 41.0 Å². The van der Waals surface area contributed by atoms with Gasteiger partial charge in [0.05, 0.1) is 5.39 Å². The van der Waals surface area contributed by atoms with Crippen molar-refractivity contribution >= 4 is 21.6 Å². The number of hydrogen-bond acceptors (Lipinski definition) is 3. The van der Waals surface area contributed by atoms with Crippen molar-refractivity contribution in [2.75, 3.05) is 0 Å². The molecule has 0 unspecified atom stereocenters. The number of aryl methyl sites for hydroxylation is 2. The number of rotatable bonds is 1. The normalized spacial score (nSPS) is 12.3. The Morgan fingerprint density at radius 1 is 1.29 bits per heavy atom. The molecule has 0 aromatic carbocycles. The zero-order valence-electron chi connectivity index (χ0n) is 11.0. The van der Waals surface area contributed by atoms with Crippen LogP contribution in [0.2, 0.25) is 0 Å². The van der Waals surface area contributed by atoms with Gasteiger partial charge in [-0.25, -0.2) is 4.98 Å². The van der Waals surface area contributed by atoms with Crippen LogP contribution in [-0.2, 0) is 6.42 Å². The van der Waals surface area contributed by atoms with Gasteiger partial charge in [-0.05, 0) is 24.8 Å². The standard InChI is InChI=1S/C13H18N2OS/c1-7-8(2)17-12-10(7)11(16)14-9(15-12)6-13(3,4)5/h6H2,1-5H3,(H,14,15,16). The van der Waals surface area contributed by atoms with E-state index < -0.39 is 0 Å². The van der Waals surface area contributed by atoms with E-state index in [9.17, 15) is 4.79 Å². The first-order valence-corrected chi connectivity index (χ1v) is 6.58. The van der Waals surface area contributed by atoms with E-state index >= 15 is 0 Å². The second-order valence-electron chi connectivity index (χ2n) is 5.71. The van der Waals surface area contributed by atoms with E-state index in [-0.39, 0.29) is 11.0 Å². The number of fused-ring (bicyclic) bond motifs is 1. The van der Waals surface area contributed by atoms with Crippen LogP contribution in [0.3, 0.4) is 0 Å². The van der Waals surface area contributed by atoms with E-state index in [1.807, 2.05) is 13.8 Å². The quantitative estimate of drug-likeness (QED) is 0.845. The third-order valence-corrected chi connectivity index (χ3v) is 3.89. The zero-order valence-corrected chi connectivity index (χ0v) is 11.8. The van der Waals surface area contributed by atoms with Crippen LogP contribution in [0.25, 0.3) is 10.2 Å². The van der Waals surface area contributed by atoms with E-state index in [1.165, 1.54) is 4.88 Å². The second-order valence-corrected chi connectivity index (χ2v) is 6.92. The lowest BCUT2D eigenvalue weighted by atomic mass is 9.92. The molecule has 0 fully saturated rings. The lowest BCUT2D eigenvalue weighted by Gasteiger charge is -2.16. The Kier molecular flexibility index (Phi) is 2.86. The van der Waals surface area contributed by atoms with Crippen molar-refractivity contribution in [3.05, 3.63) is 26.6 Å². The van der Waals surface area contributed by atoms with E-state index in [0.29, 0.717) is 0 Å². The molecule has 4 heteroatoms. The molecule has 0 aliphatic heterocycles. The largest absolute Gasteiger partial charge is 0.310 e. The van der Waals surface area contributed by atoms with Gasteiger partial charge in [-0.3, -0.25) is 4.79 Å². The Bertz CT molecular complexity index is 617. The molecule has 17 heavy (non-hydrogen) atoms. The summed E-state index contributed by atoms with van der Waals surface area (Å²) >= 11 is 1.60. The summed E-state index contributed by atoms with van der Waals surface area (Å²) in [5.74, 6) is 0.788. The first-order valence-electron chi connectivity index (χ1n) is 5.77. The molecular weight excluding hydrogens is 232 g/mol. The molecule has 0 bridgehead atoms. The lowest BCUT2D eigenvalue weighted by Crippen LogP contribution is -2.17. The van der Waals surface area contributed by atoms with Crippen LogP contribution < -0.4 is 5.56 Å². The molecule has 0 spiro atoms. The third-order valence-electron chi connectivity index (χ3n) is 2.79. The van der Waals surface area contributed by atoms with Gasteiger partial charge in [0, 0.05) is 11.3 Å². The predicted octanol–water partition coefficient (Wildman–Crippen LogP) is 3.19. The highest BCUT2D eigenvalue weighted by atomic mass is 32.1. The first kappa shape index (κ1) is 12.3. The highest BCUT2D eigenvalue weighted by Crippen LogP contribution is 2.26. The van der Waals surface area contributed by atoms with Gasteiger partial charge < -0.3 is 4.98 Å². The van der Waals surface area contributed by atoms with E-state index in [0.717, 1.165) is 28.0 Å². The van der Waals surface area contributed by atoms with Crippen molar-refractivity contribution in [1.82, 2.24) is 9.97 Å². The summed E-state index contributed by atoms with van der Waals surface area (Å²) in [6.07, 6.45) is 0.786. The third kappa shape index (κ3) is 2.41. The molecular formula is C13H18N2OS. The fraction of sp³-hybridized carbons (Fsp3) is 0.538. The summed E-state index contributed by atoms with van der Waals surface area (Å²) in [7, 11) is 0. The molecule has 2 aromatic rings. The molecule has 0 atom stereocenters. The van der Waals surface area contributed by atoms with E-state index in [4.69, 9.17) is 0 Å². The molecule has 0 aliphatic rings. The van der Waals surface area contributed by atoms with Gasteiger partial charge in [-0.15, -0.1) is 11.3 Å². The van der Waals surface area contributed by atoms with Gasteiger partial charge in [0.2, 0.25) is 0 Å².